The van der Waals surface area contributed by atoms with E-state index in [9.17, 15) is 34.2 Å². The Balaban J connectivity index is 1.47. The predicted molar refractivity (Wildman–Crippen MR) is 164 cm³/mol. The molecule has 8 nitrogen and oxygen atoms in total. The van der Waals surface area contributed by atoms with Gasteiger partial charge in [-0.15, -0.1) is 0 Å². The van der Waals surface area contributed by atoms with E-state index in [0.29, 0.717) is 22.3 Å². The molecule has 9 heteroatoms. The summed E-state index contributed by atoms with van der Waals surface area (Å²) in [5.74, 6) is -8.32. The first-order valence-corrected chi connectivity index (χ1v) is 15.3. The van der Waals surface area contributed by atoms with Gasteiger partial charge in [0.25, 0.3) is 0 Å². The fraction of sp³-hybridized carbons (Fsp3) is 0.270. The Morgan fingerprint density at radius 2 is 1.61 bits per heavy atom. The van der Waals surface area contributed by atoms with Crippen LogP contribution in [-0.2, 0) is 29.4 Å². The molecule has 3 aromatic rings. The summed E-state index contributed by atoms with van der Waals surface area (Å²) < 4.78 is 15.1. The maximum absolute atomic E-state index is 15.1. The van der Waals surface area contributed by atoms with Gasteiger partial charge in [0.15, 0.2) is 23.1 Å². The summed E-state index contributed by atoms with van der Waals surface area (Å²) in [6.07, 6.45) is 3.09. The van der Waals surface area contributed by atoms with Crippen molar-refractivity contribution in [2.75, 3.05) is 6.54 Å². The molecule has 4 aliphatic rings. The first-order chi connectivity index (χ1) is 22.1. The van der Waals surface area contributed by atoms with E-state index in [-0.39, 0.29) is 36.5 Å². The number of imide groups is 1. The topological polar surface area (TPSA) is 129 Å². The zero-order valence-corrected chi connectivity index (χ0v) is 24.6. The average Bonchev–Trinajstić information content (AvgIpc) is 3.31. The molecule has 232 valence electrons. The van der Waals surface area contributed by atoms with Gasteiger partial charge in [-0.05, 0) is 53.7 Å². The quantitative estimate of drug-likeness (QED) is 0.299. The number of ketones is 2. The second-order valence-corrected chi connectivity index (χ2v) is 12.5. The number of amides is 2. The Morgan fingerprint density at radius 3 is 2.28 bits per heavy atom. The molecule has 0 unspecified atom stereocenters. The molecule has 1 heterocycles. The Labute approximate surface area is 263 Å². The van der Waals surface area contributed by atoms with E-state index in [1.54, 1.807) is 54.6 Å². The highest BCUT2D eigenvalue weighted by Gasteiger charge is 2.65. The van der Waals surface area contributed by atoms with Crippen molar-refractivity contribution in [3.05, 3.63) is 119 Å². The van der Waals surface area contributed by atoms with E-state index in [2.05, 4.69) is 0 Å². The van der Waals surface area contributed by atoms with Crippen molar-refractivity contribution in [2.45, 2.75) is 30.6 Å². The van der Waals surface area contributed by atoms with Crippen LogP contribution in [-0.4, -0.2) is 51.0 Å². The van der Waals surface area contributed by atoms with E-state index < -0.39 is 70.8 Å². The van der Waals surface area contributed by atoms with Crippen molar-refractivity contribution >= 4 is 34.9 Å². The van der Waals surface area contributed by atoms with Crippen molar-refractivity contribution in [3.63, 3.8) is 0 Å². The first kappa shape index (κ1) is 29.5. The normalized spacial score (nSPS) is 28.6. The average molecular weight is 620 g/mol. The highest BCUT2D eigenvalue weighted by atomic mass is 19.1. The molecule has 1 saturated carbocycles. The van der Waals surface area contributed by atoms with Crippen LogP contribution >= 0.6 is 0 Å². The summed E-state index contributed by atoms with van der Waals surface area (Å²) in [7, 11) is 0. The van der Waals surface area contributed by atoms with Crippen molar-refractivity contribution < 1.29 is 38.6 Å². The number of halogens is 1. The van der Waals surface area contributed by atoms with Crippen LogP contribution in [0.4, 0.5) is 4.39 Å². The van der Waals surface area contributed by atoms with Crippen LogP contribution < -0.4 is 0 Å². The van der Waals surface area contributed by atoms with Crippen LogP contribution in [0.15, 0.2) is 96.6 Å². The number of carbonyl (C=O) groups excluding carboxylic acids is 4. The van der Waals surface area contributed by atoms with Gasteiger partial charge < -0.3 is 10.2 Å². The number of carboxylic acids is 1. The molecular weight excluding hydrogens is 589 g/mol. The Hall–Kier alpha value is -5.18. The molecule has 0 radical (unpaired) electrons. The number of benzene rings is 3. The van der Waals surface area contributed by atoms with Gasteiger partial charge in [0.1, 0.15) is 0 Å². The SMILES string of the molecule is O=C(O)CCN1C(=O)[C@H]2[C@H](CC=C3[C@H]2C[C@H]2C(=O)C(c4ccccc4)=CC(=O)[C@@]2(c2ccccc2)[C@H]3c2ccc(O)c(F)c2)C1=O. The standard InChI is InChI=1S/C37H30FNO7/c38-28-17-21(11-14-29(28)40)33-23-12-13-24-32(36(46)39(35(24)45)16-15-31(42)43)26(23)18-27-34(44)25(20-7-3-1-4-8-20)19-30(41)37(27,33)22-9-5-2-6-10-22/h1-12,14,17,19,24,26-27,32-33,40H,13,15-16,18H2,(H,42,43)/t24-,26+,27-,32-,33-,37-/m0/s1. The summed E-state index contributed by atoms with van der Waals surface area (Å²) in [5.41, 5.74) is 0.892. The summed E-state index contributed by atoms with van der Waals surface area (Å²) in [4.78, 5) is 69.3. The molecule has 3 aliphatic carbocycles. The van der Waals surface area contributed by atoms with Crippen LogP contribution in [0.2, 0.25) is 0 Å². The molecule has 6 atom stereocenters. The molecule has 3 aromatic carbocycles. The molecule has 7 rings (SSSR count). The fourth-order valence-corrected chi connectivity index (χ4v) is 8.45. The van der Waals surface area contributed by atoms with Gasteiger partial charge in [-0.3, -0.25) is 28.9 Å². The second kappa shape index (κ2) is 11.0. The van der Waals surface area contributed by atoms with Crippen LogP contribution in [0.25, 0.3) is 5.57 Å². The Morgan fingerprint density at radius 1 is 0.913 bits per heavy atom. The van der Waals surface area contributed by atoms with Crippen LogP contribution in [0.3, 0.4) is 0 Å². The molecule has 1 aliphatic heterocycles. The number of aromatic hydroxyl groups is 1. The number of Topliss-reactive ketones (excluding diaryl/α,β-unsaturated/α-hetero) is 1. The zero-order chi connectivity index (χ0) is 32.3. The monoisotopic (exact) mass is 619 g/mol. The van der Waals surface area contributed by atoms with Gasteiger partial charge in [-0.1, -0.05) is 78.4 Å². The molecule has 46 heavy (non-hydrogen) atoms. The van der Waals surface area contributed by atoms with Crippen molar-refractivity contribution in [2.24, 2.45) is 23.7 Å². The van der Waals surface area contributed by atoms with Crippen LogP contribution in [0.1, 0.15) is 41.9 Å². The maximum Gasteiger partial charge on any atom is 0.305 e. The van der Waals surface area contributed by atoms with Gasteiger partial charge in [0.05, 0.1) is 23.7 Å². The number of phenolic OH excluding ortho intramolecular Hbond substituents is 1. The number of rotatable bonds is 6. The molecule has 0 spiro atoms. The van der Waals surface area contributed by atoms with Crippen LogP contribution in [0.5, 0.6) is 5.75 Å². The zero-order valence-electron chi connectivity index (χ0n) is 24.6. The molecule has 1 saturated heterocycles. The molecular formula is C37H30FNO7. The smallest absolute Gasteiger partial charge is 0.305 e. The van der Waals surface area contributed by atoms with E-state index in [0.717, 1.165) is 4.90 Å². The molecule has 2 amide bonds. The summed E-state index contributed by atoms with van der Waals surface area (Å²) in [5, 5.41) is 19.4. The lowest BCUT2D eigenvalue weighted by Crippen LogP contribution is -2.58. The number of hydrogen-bond acceptors (Lipinski definition) is 6. The van der Waals surface area contributed by atoms with Crippen molar-refractivity contribution in [1.29, 1.82) is 0 Å². The summed E-state index contributed by atoms with van der Waals surface area (Å²) in [6.45, 7) is -0.260. The number of nitrogens with zero attached hydrogens (tertiary/aromatic N) is 1. The minimum atomic E-state index is -1.51. The largest absolute Gasteiger partial charge is 0.505 e. The van der Waals surface area contributed by atoms with Crippen molar-refractivity contribution in [3.8, 4) is 5.75 Å². The number of carbonyl (C=O) groups is 5. The van der Waals surface area contributed by atoms with Gasteiger partial charge in [0.2, 0.25) is 11.8 Å². The third kappa shape index (κ3) is 4.29. The van der Waals surface area contributed by atoms with Gasteiger partial charge in [-0.2, -0.15) is 0 Å². The Bertz CT molecular complexity index is 1870. The third-order valence-electron chi connectivity index (χ3n) is 10.3. The number of hydrogen-bond donors (Lipinski definition) is 2. The summed E-state index contributed by atoms with van der Waals surface area (Å²) >= 11 is 0. The number of phenols is 1. The van der Waals surface area contributed by atoms with E-state index in [1.165, 1.54) is 24.3 Å². The van der Waals surface area contributed by atoms with E-state index >= 15 is 4.39 Å². The number of likely N-dealkylation sites (tertiary alicyclic amines) is 1. The van der Waals surface area contributed by atoms with Gasteiger partial charge in [0, 0.05) is 24.0 Å². The minimum absolute atomic E-state index is 0.0828. The molecule has 0 bridgehead atoms. The van der Waals surface area contributed by atoms with E-state index in [1.807, 2.05) is 12.1 Å². The van der Waals surface area contributed by atoms with Gasteiger partial charge >= 0.3 is 5.97 Å². The van der Waals surface area contributed by atoms with Gasteiger partial charge in [-0.25, -0.2) is 4.39 Å². The minimum Gasteiger partial charge on any atom is -0.505 e. The maximum atomic E-state index is 15.1. The number of aliphatic carboxylic acids is 1. The highest BCUT2D eigenvalue weighted by molar-refractivity contribution is 6.31. The Kier molecular flexibility index (Phi) is 7.07. The molecule has 0 aromatic heterocycles. The lowest BCUT2D eigenvalue weighted by Gasteiger charge is -2.55. The van der Waals surface area contributed by atoms with E-state index in [4.69, 9.17) is 0 Å². The second-order valence-electron chi connectivity index (χ2n) is 12.5. The summed E-state index contributed by atoms with van der Waals surface area (Å²) in [6, 6.07) is 21.7. The highest BCUT2D eigenvalue weighted by Crippen LogP contribution is 2.63. The van der Waals surface area contributed by atoms with Crippen molar-refractivity contribution in [1.82, 2.24) is 4.90 Å². The lowest BCUT2D eigenvalue weighted by molar-refractivity contribution is -0.142. The lowest BCUT2D eigenvalue weighted by atomic mass is 9.44. The fourth-order valence-electron chi connectivity index (χ4n) is 8.45. The number of fused-ring (bicyclic) bond motifs is 4. The first-order valence-electron chi connectivity index (χ1n) is 15.3. The molecule has 2 fully saturated rings. The third-order valence-corrected chi connectivity index (χ3v) is 10.3. The molecule has 2 N–H and O–H groups in total. The number of carboxylic acid groups (broad SMARTS) is 1. The number of allylic oxidation sites excluding steroid dienone is 4. The predicted octanol–water partition coefficient (Wildman–Crippen LogP) is 4.83. The van der Waals surface area contributed by atoms with Crippen LogP contribution in [0, 0.1) is 29.5 Å².